The number of anilines is 2. The Morgan fingerprint density at radius 3 is 2.79 bits per heavy atom. The van der Waals surface area contributed by atoms with E-state index in [1.807, 2.05) is 13.0 Å². The fraction of sp³-hybridized carbons (Fsp3) is 0.500. The van der Waals surface area contributed by atoms with E-state index in [0.717, 1.165) is 56.5 Å². The maximum atomic E-state index is 10.9. The number of aliphatic imine (C=N–C) groups is 1. The third-order valence-corrected chi connectivity index (χ3v) is 4.62. The van der Waals surface area contributed by atoms with Gasteiger partial charge in [-0.25, -0.2) is 9.97 Å². The van der Waals surface area contributed by atoms with Crippen molar-refractivity contribution in [2.45, 2.75) is 13.8 Å². The van der Waals surface area contributed by atoms with Gasteiger partial charge in [-0.3, -0.25) is 9.79 Å². The number of hydrogen-bond acceptors (Lipinski definition) is 8. The van der Waals surface area contributed by atoms with Crippen LogP contribution in [0.3, 0.4) is 0 Å². The number of thioether (sulfide) groups is 1. The lowest BCUT2D eigenvalue weighted by Gasteiger charge is -2.34. The fourth-order valence-corrected chi connectivity index (χ4v) is 3.09. The van der Waals surface area contributed by atoms with Crippen molar-refractivity contribution in [1.82, 2.24) is 14.9 Å². The van der Waals surface area contributed by atoms with Gasteiger partial charge >= 0.3 is 0 Å². The first-order valence-corrected chi connectivity index (χ1v) is 8.95. The number of nitrogens with one attached hydrogen (secondary N) is 1. The molecule has 0 atom stereocenters. The summed E-state index contributed by atoms with van der Waals surface area (Å²) in [5.74, 6) is 2.97. The first-order valence-electron chi connectivity index (χ1n) is 7.97. The number of aryl methyl sites for hydroxylation is 1. The van der Waals surface area contributed by atoms with Crippen LogP contribution < -0.4 is 10.2 Å². The van der Waals surface area contributed by atoms with Crippen LogP contribution in [0.4, 0.5) is 11.6 Å². The minimum Gasteiger partial charge on any atom is -0.361 e. The minimum atomic E-state index is 0.527. The van der Waals surface area contributed by atoms with Gasteiger partial charge in [0.1, 0.15) is 17.5 Å². The quantitative estimate of drug-likeness (QED) is 0.332. The van der Waals surface area contributed by atoms with Crippen LogP contribution in [0.1, 0.15) is 12.7 Å². The zero-order chi connectivity index (χ0) is 17.4. The second kappa shape index (κ2) is 9.39. The van der Waals surface area contributed by atoms with E-state index < -0.39 is 0 Å². The number of nitrogens with zero attached hydrogens (tertiary/aromatic N) is 5. The summed E-state index contributed by atoms with van der Waals surface area (Å²) in [5, 5.41) is 3.22. The molecule has 0 amide bonds. The highest BCUT2D eigenvalue weighted by Crippen LogP contribution is 2.19. The Balaban J connectivity index is 1.97. The van der Waals surface area contributed by atoms with Crippen molar-refractivity contribution in [2.24, 2.45) is 4.99 Å². The monoisotopic (exact) mass is 348 g/mol. The SMILES string of the molecule is C=N/C=C(/C=O)SCNc1cc(N2CCN(CC)CC2)nc(C)n1. The van der Waals surface area contributed by atoms with Gasteiger partial charge in [0, 0.05) is 38.4 Å². The Labute approximate surface area is 147 Å². The summed E-state index contributed by atoms with van der Waals surface area (Å²) in [5.41, 5.74) is 0. The third-order valence-electron chi connectivity index (χ3n) is 3.79. The van der Waals surface area contributed by atoms with Gasteiger partial charge in [-0.15, -0.1) is 0 Å². The smallest absolute Gasteiger partial charge is 0.158 e. The molecule has 24 heavy (non-hydrogen) atoms. The summed E-state index contributed by atoms with van der Waals surface area (Å²) in [6, 6.07) is 1.96. The van der Waals surface area contributed by atoms with Crippen LogP contribution in [0.25, 0.3) is 0 Å². The molecule has 0 spiro atoms. The van der Waals surface area contributed by atoms with Crippen molar-refractivity contribution < 1.29 is 4.79 Å². The lowest BCUT2D eigenvalue weighted by atomic mass is 10.3. The summed E-state index contributed by atoms with van der Waals surface area (Å²) in [4.78, 5) is 28.7. The van der Waals surface area contributed by atoms with E-state index in [0.29, 0.717) is 10.8 Å². The van der Waals surface area contributed by atoms with Gasteiger partial charge in [0.25, 0.3) is 0 Å². The number of hydrogen-bond donors (Lipinski definition) is 1. The molecule has 130 valence electrons. The van der Waals surface area contributed by atoms with E-state index in [2.05, 4.69) is 43.7 Å². The molecule has 1 saturated heterocycles. The molecule has 2 heterocycles. The van der Waals surface area contributed by atoms with Crippen LogP contribution in [0.5, 0.6) is 0 Å². The van der Waals surface area contributed by atoms with Crippen LogP contribution in [0.2, 0.25) is 0 Å². The highest BCUT2D eigenvalue weighted by Gasteiger charge is 2.17. The molecule has 0 radical (unpaired) electrons. The second-order valence-electron chi connectivity index (χ2n) is 5.38. The topological polar surface area (TPSA) is 73.7 Å². The molecule has 1 aliphatic heterocycles. The van der Waals surface area contributed by atoms with E-state index in [4.69, 9.17) is 0 Å². The Morgan fingerprint density at radius 1 is 1.42 bits per heavy atom. The predicted octanol–water partition coefficient (Wildman–Crippen LogP) is 1.77. The van der Waals surface area contributed by atoms with Crippen molar-refractivity contribution in [3.63, 3.8) is 0 Å². The minimum absolute atomic E-state index is 0.527. The van der Waals surface area contributed by atoms with Crippen molar-refractivity contribution in [2.75, 3.05) is 48.8 Å². The lowest BCUT2D eigenvalue weighted by molar-refractivity contribution is -0.104. The van der Waals surface area contributed by atoms with Crippen LogP contribution >= 0.6 is 11.8 Å². The van der Waals surface area contributed by atoms with E-state index in [9.17, 15) is 4.79 Å². The molecule has 0 unspecified atom stereocenters. The third kappa shape index (κ3) is 5.31. The molecule has 0 aromatic carbocycles. The summed E-state index contributed by atoms with van der Waals surface area (Å²) in [6.07, 6.45) is 2.22. The van der Waals surface area contributed by atoms with Gasteiger partial charge in [-0.05, 0) is 20.2 Å². The summed E-state index contributed by atoms with van der Waals surface area (Å²) < 4.78 is 0. The van der Waals surface area contributed by atoms with E-state index in [1.165, 1.54) is 18.0 Å². The van der Waals surface area contributed by atoms with Gasteiger partial charge in [0.05, 0.1) is 10.8 Å². The molecule has 0 bridgehead atoms. The summed E-state index contributed by atoms with van der Waals surface area (Å²) in [6.45, 7) is 12.6. The Bertz CT molecular complexity index is 598. The number of carbonyl (C=O) groups excluding carboxylic acids is 1. The molecule has 0 saturated carbocycles. The summed E-state index contributed by atoms with van der Waals surface area (Å²) >= 11 is 1.36. The van der Waals surface area contributed by atoms with Crippen LogP contribution in [-0.4, -0.2) is 66.5 Å². The fourth-order valence-electron chi connectivity index (χ4n) is 2.48. The molecule has 1 aromatic heterocycles. The number of likely N-dealkylation sites (N-methyl/N-ethyl adjacent to an activating group) is 1. The predicted molar refractivity (Wildman–Crippen MR) is 101 cm³/mol. The normalized spacial score (nSPS) is 16.1. The van der Waals surface area contributed by atoms with Gasteiger partial charge in [0.2, 0.25) is 0 Å². The molecule has 1 aliphatic rings. The molecule has 8 heteroatoms. The van der Waals surface area contributed by atoms with Gasteiger partial charge in [0.15, 0.2) is 6.29 Å². The van der Waals surface area contributed by atoms with Gasteiger partial charge in [-0.2, -0.15) is 0 Å². The zero-order valence-electron chi connectivity index (χ0n) is 14.2. The Kier molecular flexibility index (Phi) is 7.20. The number of allylic oxidation sites excluding steroid dienone is 1. The van der Waals surface area contributed by atoms with Crippen molar-refractivity contribution in [3.8, 4) is 0 Å². The summed E-state index contributed by atoms with van der Waals surface area (Å²) in [7, 11) is 0. The van der Waals surface area contributed by atoms with Crippen LogP contribution in [0.15, 0.2) is 22.2 Å². The van der Waals surface area contributed by atoms with Crippen LogP contribution in [0, 0.1) is 6.92 Å². The molecular formula is C16H24N6OS. The van der Waals surface area contributed by atoms with E-state index >= 15 is 0 Å². The van der Waals surface area contributed by atoms with Crippen LogP contribution in [-0.2, 0) is 4.79 Å². The van der Waals surface area contributed by atoms with Gasteiger partial charge < -0.3 is 15.1 Å². The maximum Gasteiger partial charge on any atom is 0.158 e. The largest absolute Gasteiger partial charge is 0.361 e. The highest BCUT2D eigenvalue weighted by atomic mass is 32.2. The first-order chi connectivity index (χ1) is 11.7. The molecule has 0 aliphatic carbocycles. The van der Waals surface area contributed by atoms with E-state index in [1.54, 1.807) is 0 Å². The average Bonchev–Trinajstić information content (AvgIpc) is 2.60. The van der Waals surface area contributed by atoms with Crippen molar-refractivity contribution in [3.05, 3.63) is 23.0 Å². The first kappa shape index (κ1) is 18.4. The number of piperazine rings is 1. The zero-order valence-corrected chi connectivity index (χ0v) is 15.1. The maximum absolute atomic E-state index is 10.9. The molecule has 1 fully saturated rings. The average molecular weight is 348 g/mol. The Morgan fingerprint density at radius 2 is 2.17 bits per heavy atom. The molecule has 1 aromatic rings. The molecule has 1 N–H and O–H groups in total. The number of aromatic nitrogens is 2. The van der Waals surface area contributed by atoms with E-state index in [-0.39, 0.29) is 0 Å². The van der Waals surface area contributed by atoms with Crippen molar-refractivity contribution in [1.29, 1.82) is 0 Å². The standard InChI is InChI=1S/C16H24N6OS/c1-4-21-5-7-22(8-6-21)16-9-15(19-13(2)20-16)18-12-24-14(11-23)10-17-3/h9-11H,3-8,12H2,1-2H3,(H,18,19,20)/b14-10-. The molecular weight excluding hydrogens is 324 g/mol. The molecule has 2 rings (SSSR count). The van der Waals surface area contributed by atoms with Gasteiger partial charge in [-0.1, -0.05) is 18.7 Å². The molecule has 7 nitrogen and oxygen atoms in total. The lowest BCUT2D eigenvalue weighted by Crippen LogP contribution is -2.46. The highest BCUT2D eigenvalue weighted by molar-refractivity contribution is 8.03. The van der Waals surface area contributed by atoms with Crippen molar-refractivity contribution >= 4 is 36.4 Å². The number of carbonyl (C=O) groups is 1. The number of rotatable bonds is 8. The Hall–Kier alpha value is -1.93. The number of aldehydes is 1. The second-order valence-corrected chi connectivity index (χ2v) is 6.43.